The fraction of sp³-hybridized carbons (Fsp3) is 0.438. The molecule has 1 aromatic heterocycles. The van der Waals surface area contributed by atoms with Crippen molar-refractivity contribution in [3.63, 3.8) is 0 Å². The van der Waals surface area contributed by atoms with Crippen molar-refractivity contribution in [1.82, 2.24) is 5.32 Å². The number of rotatable bonds is 2. The summed E-state index contributed by atoms with van der Waals surface area (Å²) >= 11 is 0. The van der Waals surface area contributed by atoms with Gasteiger partial charge in [0, 0.05) is 17.0 Å². The number of hydrogen-bond acceptors (Lipinski definition) is 4. The highest BCUT2D eigenvalue weighted by atomic mass is 32.2. The number of carbonyl (C=O) groups excluding carboxylic acids is 1. The summed E-state index contributed by atoms with van der Waals surface area (Å²) < 4.78 is 28.6. The van der Waals surface area contributed by atoms with Gasteiger partial charge in [-0.25, -0.2) is 8.42 Å². The van der Waals surface area contributed by atoms with E-state index in [4.69, 9.17) is 4.42 Å². The predicted octanol–water partition coefficient (Wildman–Crippen LogP) is 2.27. The van der Waals surface area contributed by atoms with Crippen molar-refractivity contribution in [2.75, 3.05) is 11.5 Å². The SMILES string of the molecule is Cc1cc2oc(C(=O)N[C@@H]3CCS(=O)(=O)C3)c(C)c2cc1C. The minimum absolute atomic E-state index is 0.0102. The Balaban J connectivity index is 1.90. The lowest BCUT2D eigenvalue weighted by Gasteiger charge is -2.09. The van der Waals surface area contributed by atoms with Crippen molar-refractivity contribution in [1.29, 1.82) is 0 Å². The van der Waals surface area contributed by atoms with Crippen molar-refractivity contribution in [3.8, 4) is 0 Å². The fourth-order valence-electron chi connectivity index (χ4n) is 2.85. The van der Waals surface area contributed by atoms with E-state index in [1.165, 1.54) is 0 Å². The molecule has 1 aliphatic rings. The van der Waals surface area contributed by atoms with E-state index < -0.39 is 9.84 Å². The van der Waals surface area contributed by atoms with Crippen molar-refractivity contribution in [3.05, 3.63) is 34.6 Å². The molecule has 5 nitrogen and oxygen atoms in total. The Kier molecular flexibility index (Phi) is 3.51. The summed E-state index contributed by atoms with van der Waals surface area (Å²) in [5, 5.41) is 3.69. The van der Waals surface area contributed by atoms with Gasteiger partial charge in [-0.15, -0.1) is 0 Å². The van der Waals surface area contributed by atoms with Crippen LogP contribution in [0.15, 0.2) is 16.5 Å². The van der Waals surface area contributed by atoms with E-state index in [1.54, 1.807) is 0 Å². The third-order valence-electron chi connectivity index (χ3n) is 4.33. The molecule has 0 spiro atoms. The molecule has 2 aromatic rings. The van der Waals surface area contributed by atoms with Crippen LogP contribution in [0.5, 0.6) is 0 Å². The standard InChI is InChI=1S/C16H19NO4S/c1-9-6-13-11(3)15(21-14(13)7-10(9)2)16(18)17-12-4-5-22(19,20)8-12/h6-7,12H,4-5,8H2,1-3H3,(H,17,18)/t12-/m1/s1. The van der Waals surface area contributed by atoms with Gasteiger partial charge in [0.2, 0.25) is 0 Å². The molecule has 118 valence electrons. The molecule has 0 radical (unpaired) electrons. The highest BCUT2D eigenvalue weighted by molar-refractivity contribution is 7.91. The second kappa shape index (κ2) is 5.12. The molecule has 1 aromatic carbocycles. The summed E-state index contributed by atoms with van der Waals surface area (Å²) in [6.07, 6.45) is 0.464. The lowest BCUT2D eigenvalue weighted by atomic mass is 10.0. The quantitative estimate of drug-likeness (QED) is 0.920. The minimum Gasteiger partial charge on any atom is -0.451 e. The Bertz CT molecular complexity index is 864. The van der Waals surface area contributed by atoms with E-state index in [0.29, 0.717) is 12.0 Å². The summed E-state index contributed by atoms with van der Waals surface area (Å²) in [5.74, 6) is 0.0708. The van der Waals surface area contributed by atoms with E-state index >= 15 is 0 Å². The highest BCUT2D eigenvalue weighted by Gasteiger charge is 2.30. The molecule has 0 saturated carbocycles. The average Bonchev–Trinajstić information content (AvgIpc) is 2.92. The maximum absolute atomic E-state index is 12.4. The van der Waals surface area contributed by atoms with Gasteiger partial charge in [-0.1, -0.05) is 0 Å². The Labute approximate surface area is 129 Å². The first-order valence-electron chi connectivity index (χ1n) is 7.28. The number of benzene rings is 1. The van der Waals surface area contributed by atoms with Gasteiger partial charge < -0.3 is 9.73 Å². The summed E-state index contributed by atoms with van der Waals surface area (Å²) in [6.45, 7) is 5.86. The summed E-state index contributed by atoms with van der Waals surface area (Å²) in [6, 6.07) is 3.61. The molecule has 0 bridgehead atoms. The smallest absolute Gasteiger partial charge is 0.287 e. The maximum Gasteiger partial charge on any atom is 0.287 e. The fourth-order valence-corrected chi connectivity index (χ4v) is 4.53. The largest absolute Gasteiger partial charge is 0.451 e. The molecule has 1 aliphatic heterocycles. The van der Waals surface area contributed by atoms with Crippen LogP contribution in [0.25, 0.3) is 11.0 Å². The molecule has 22 heavy (non-hydrogen) atoms. The first-order valence-corrected chi connectivity index (χ1v) is 9.10. The van der Waals surface area contributed by atoms with Gasteiger partial charge in [0.1, 0.15) is 5.58 Å². The molecule has 1 fully saturated rings. The van der Waals surface area contributed by atoms with Gasteiger partial charge in [0.15, 0.2) is 15.6 Å². The second-order valence-electron chi connectivity index (χ2n) is 6.06. The molecule has 0 unspecified atom stereocenters. The highest BCUT2D eigenvalue weighted by Crippen LogP contribution is 2.28. The van der Waals surface area contributed by atoms with Crippen molar-refractivity contribution >= 4 is 26.7 Å². The van der Waals surface area contributed by atoms with Crippen LogP contribution < -0.4 is 5.32 Å². The van der Waals surface area contributed by atoms with Crippen LogP contribution in [0.3, 0.4) is 0 Å². The van der Waals surface area contributed by atoms with Gasteiger partial charge in [0.05, 0.1) is 11.5 Å². The van der Waals surface area contributed by atoms with Crippen LogP contribution in [-0.2, 0) is 9.84 Å². The number of hydrogen-bond donors (Lipinski definition) is 1. The van der Waals surface area contributed by atoms with Crippen LogP contribution in [0.2, 0.25) is 0 Å². The topological polar surface area (TPSA) is 76.4 Å². The number of carbonyl (C=O) groups is 1. The normalized spacial score (nSPS) is 20.4. The number of furan rings is 1. The monoisotopic (exact) mass is 321 g/mol. The second-order valence-corrected chi connectivity index (χ2v) is 8.29. The molecule has 1 N–H and O–H groups in total. The zero-order chi connectivity index (χ0) is 16.1. The first kappa shape index (κ1) is 15.1. The van der Waals surface area contributed by atoms with E-state index in [9.17, 15) is 13.2 Å². The average molecular weight is 321 g/mol. The molecule has 1 atom stereocenters. The molecule has 1 saturated heterocycles. The zero-order valence-electron chi connectivity index (χ0n) is 12.9. The number of sulfone groups is 1. The third kappa shape index (κ3) is 2.63. The maximum atomic E-state index is 12.4. The Morgan fingerprint density at radius 3 is 2.55 bits per heavy atom. The van der Waals surface area contributed by atoms with Gasteiger partial charge in [-0.05, 0) is 50.5 Å². The summed E-state index contributed by atoms with van der Waals surface area (Å²) in [7, 11) is -3.01. The number of fused-ring (bicyclic) bond motifs is 1. The van der Waals surface area contributed by atoms with Crippen LogP contribution in [0, 0.1) is 20.8 Å². The van der Waals surface area contributed by atoms with E-state index in [1.807, 2.05) is 32.9 Å². The lowest BCUT2D eigenvalue weighted by Crippen LogP contribution is -2.35. The first-order chi connectivity index (χ1) is 10.3. The molecule has 1 amide bonds. The van der Waals surface area contributed by atoms with Crippen LogP contribution >= 0.6 is 0 Å². The van der Waals surface area contributed by atoms with Gasteiger partial charge >= 0.3 is 0 Å². The number of aryl methyl sites for hydroxylation is 3. The lowest BCUT2D eigenvalue weighted by molar-refractivity contribution is 0.0914. The molecule has 0 aliphatic carbocycles. The van der Waals surface area contributed by atoms with Crippen LogP contribution in [-0.4, -0.2) is 31.9 Å². The Morgan fingerprint density at radius 1 is 1.23 bits per heavy atom. The predicted molar refractivity (Wildman–Crippen MR) is 85.0 cm³/mol. The summed E-state index contributed by atoms with van der Waals surface area (Å²) in [5.41, 5.74) is 3.72. The van der Waals surface area contributed by atoms with E-state index in [2.05, 4.69) is 5.32 Å². The molecular formula is C16H19NO4S. The van der Waals surface area contributed by atoms with Gasteiger partial charge in [0.25, 0.3) is 5.91 Å². The third-order valence-corrected chi connectivity index (χ3v) is 6.09. The molecular weight excluding hydrogens is 302 g/mol. The minimum atomic E-state index is -3.01. The van der Waals surface area contributed by atoms with Crippen LogP contribution in [0.1, 0.15) is 33.7 Å². The van der Waals surface area contributed by atoms with Crippen molar-refractivity contribution in [2.45, 2.75) is 33.2 Å². The van der Waals surface area contributed by atoms with Crippen molar-refractivity contribution < 1.29 is 17.6 Å². The van der Waals surface area contributed by atoms with Crippen LogP contribution in [0.4, 0.5) is 0 Å². The van der Waals surface area contributed by atoms with Gasteiger partial charge in [-0.2, -0.15) is 0 Å². The van der Waals surface area contributed by atoms with E-state index in [0.717, 1.165) is 22.1 Å². The number of amides is 1. The van der Waals surface area contributed by atoms with E-state index in [-0.39, 0.29) is 29.2 Å². The van der Waals surface area contributed by atoms with Crippen molar-refractivity contribution in [2.24, 2.45) is 0 Å². The Morgan fingerprint density at radius 2 is 1.91 bits per heavy atom. The number of nitrogens with one attached hydrogen (secondary N) is 1. The summed E-state index contributed by atoms with van der Waals surface area (Å²) in [4.78, 5) is 12.4. The molecule has 3 rings (SSSR count). The van der Waals surface area contributed by atoms with Gasteiger partial charge in [-0.3, -0.25) is 4.79 Å². The molecule has 6 heteroatoms. The zero-order valence-corrected chi connectivity index (χ0v) is 13.7. The molecule has 2 heterocycles. The Hall–Kier alpha value is -1.82.